The van der Waals surface area contributed by atoms with E-state index in [1.165, 1.54) is 56.4 Å². The summed E-state index contributed by atoms with van der Waals surface area (Å²) >= 11 is 12.0. The van der Waals surface area contributed by atoms with Gasteiger partial charge in [0, 0.05) is 66.4 Å². The number of anilines is 4. The maximum absolute atomic E-state index is 13.1. The van der Waals surface area contributed by atoms with Crippen LogP contribution in [0.3, 0.4) is 0 Å². The summed E-state index contributed by atoms with van der Waals surface area (Å²) in [6, 6.07) is 12.9. The van der Waals surface area contributed by atoms with Gasteiger partial charge in [-0.15, -0.1) is 0 Å². The molecular formula is C38H42Cl2N12O8. The van der Waals surface area contributed by atoms with E-state index in [1.54, 1.807) is 48.5 Å². The lowest BCUT2D eigenvalue weighted by Crippen LogP contribution is -2.44. The highest BCUT2D eigenvalue weighted by Crippen LogP contribution is 2.35. The van der Waals surface area contributed by atoms with E-state index in [9.17, 15) is 38.4 Å². The normalized spacial score (nSPS) is 11.3. The fraction of sp³-hybridized carbons (Fsp3) is 0.263. The number of hydrogen-bond acceptors (Lipinski definition) is 12. The van der Waals surface area contributed by atoms with Crippen LogP contribution in [-0.2, 0) is 56.4 Å². The van der Waals surface area contributed by atoms with Crippen LogP contribution in [0.4, 0.5) is 23.3 Å². The van der Waals surface area contributed by atoms with Crippen LogP contribution in [0.15, 0.2) is 86.9 Å². The number of halogens is 2. The maximum Gasteiger partial charge on any atom is 0.332 e. The molecule has 0 fully saturated rings. The van der Waals surface area contributed by atoms with Gasteiger partial charge in [0.25, 0.3) is 22.2 Å². The zero-order valence-electron chi connectivity index (χ0n) is 33.7. The molecule has 22 heteroatoms. The Morgan fingerprint density at radius 1 is 0.350 bits per heavy atom. The quantitative estimate of drug-likeness (QED) is 0.156. The van der Waals surface area contributed by atoms with E-state index in [2.05, 4.69) is 0 Å². The third kappa shape index (κ3) is 7.19. The second kappa shape index (κ2) is 16.3. The van der Waals surface area contributed by atoms with E-state index in [0.29, 0.717) is 21.2 Å². The van der Waals surface area contributed by atoms with Crippen molar-refractivity contribution < 1.29 is 0 Å². The van der Waals surface area contributed by atoms with Crippen molar-refractivity contribution >= 4 is 46.5 Å². The largest absolute Gasteiger partial charge is 0.385 e. The van der Waals surface area contributed by atoms with Crippen LogP contribution in [0.25, 0.3) is 0 Å². The number of hydrogen-bond donors (Lipinski definition) is 4. The van der Waals surface area contributed by atoms with Gasteiger partial charge in [0.05, 0.1) is 34.1 Å². The minimum Gasteiger partial charge on any atom is -0.385 e. The van der Waals surface area contributed by atoms with E-state index >= 15 is 0 Å². The summed E-state index contributed by atoms with van der Waals surface area (Å²) < 4.78 is 8.05. The average Bonchev–Trinajstić information content (AvgIpc) is 3.23. The maximum atomic E-state index is 13.1. The topological polar surface area (TPSA) is 280 Å². The Balaban J connectivity index is 0.000000228. The Hall–Kier alpha value is -7.06. The highest BCUT2D eigenvalue weighted by Gasteiger charge is 2.33. The van der Waals surface area contributed by atoms with Crippen molar-refractivity contribution in [1.29, 1.82) is 0 Å². The molecule has 0 aliphatic rings. The molecule has 60 heavy (non-hydrogen) atoms. The van der Waals surface area contributed by atoms with Crippen LogP contribution in [0.5, 0.6) is 0 Å². The average molecular weight is 866 g/mol. The van der Waals surface area contributed by atoms with Crippen LogP contribution < -0.4 is 67.9 Å². The van der Waals surface area contributed by atoms with E-state index in [0.717, 1.165) is 36.5 Å². The summed E-state index contributed by atoms with van der Waals surface area (Å²) in [4.78, 5) is 102. The van der Waals surface area contributed by atoms with Crippen molar-refractivity contribution in [3.8, 4) is 0 Å². The monoisotopic (exact) mass is 864 g/mol. The lowest BCUT2D eigenvalue weighted by Gasteiger charge is -2.23. The van der Waals surface area contributed by atoms with Gasteiger partial charge in [0.1, 0.15) is 23.3 Å². The molecule has 6 aromatic rings. The lowest BCUT2D eigenvalue weighted by atomic mass is 9.86. The van der Waals surface area contributed by atoms with Gasteiger partial charge < -0.3 is 22.9 Å². The summed E-state index contributed by atoms with van der Waals surface area (Å²) in [5.74, 6) is -2.54. The second-order valence-corrected chi connectivity index (χ2v) is 14.9. The molecule has 20 nitrogen and oxygen atoms in total. The standard InChI is InChI=1S/2C19H21ClN6O4/c2*1-23-14(21)12(16(27)25(3)18(23)29)11(9-5-7-10(20)8-6-9)13-15(22)24(2)19(30)26(4)17(13)28/h2*5-8,11H,21-22H2,1-4H3. The number of rotatable bonds is 6. The molecule has 8 N–H and O–H groups in total. The molecule has 4 aromatic heterocycles. The van der Waals surface area contributed by atoms with Gasteiger partial charge in [-0.1, -0.05) is 47.5 Å². The number of nitrogens with zero attached hydrogens (tertiary/aromatic N) is 8. The molecule has 0 saturated carbocycles. The Morgan fingerprint density at radius 2 is 0.533 bits per heavy atom. The van der Waals surface area contributed by atoms with E-state index in [-0.39, 0.29) is 45.5 Å². The minimum atomic E-state index is -1.04. The molecule has 2 aromatic carbocycles. The number of nitrogens with two attached hydrogens (primary N) is 4. The molecule has 6 rings (SSSR count). The first kappa shape index (κ1) is 44.1. The lowest BCUT2D eigenvalue weighted by molar-refractivity contribution is 0.654. The number of benzene rings is 2. The molecule has 0 saturated heterocycles. The number of nitrogen functional groups attached to an aromatic ring is 4. The van der Waals surface area contributed by atoms with Crippen molar-refractivity contribution in [2.24, 2.45) is 56.4 Å². The Kier molecular flexibility index (Phi) is 12.0. The predicted octanol–water partition coefficient (Wildman–Crippen LogP) is -1.04. The van der Waals surface area contributed by atoms with Crippen molar-refractivity contribution in [2.75, 3.05) is 22.9 Å². The highest BCUT2D eigenvalue weighted by molar-refractivity contribution is 6.30. The Labute approximate surface area is 348 Å². The number of aromatic nitrogens is 8. The van der Waals surface area contributed by atoms with Crippen LogP contribution in [-0.4, -0.2) is 36.5 Å². The molecule has 0 unspecified atom stereocenters. The van der Waals surface area contributed by atoms with E-state index < -0.39 is 56.8 Å². The van der Waals surface area contributed by atoms with Gasteiger partial charge in [-0.3, -0.25) is 55.7 Å². The van der Waals surface area contributed by atoms with Gasteiger partial charge in [-0.25, -0.2) is 19.2 Å². The molecule has 0 amide bonds. The van der Waals surface area contributed by atoms with Gasteiger partial charge >= 0.3 is 22.8 Å². The molecule has 0 atom stereocenters. The first-order chi connectivity index (χ1) is 28.0. The SMILES string of the molecule is Cn1c(N)c(C(c2ccc(Cl)cc2)c2c(N)n(C)c(=O)n(C)c2=O)c(=O)n(C)c1=O.Cn1c(N)c(C(c2ccc(Cl)cc2)c2c(N)n(C)c(=O)n(C)c2=O)c(=O)n(C)c1=O. The van der Waals surface area contributed by atoms with Crippen LogP contribution in [0, 0.1) is 0 Å². The fourth-order valence-corrected chi connectivity index (χ4v) is 7.15. The van der Waals surface area contributed by atoms with E-state index in [4.69, 9.17) is 46.1 Å². The first-order valence-corrected chi connectivity index (χ1v) is 18.5. The van der Waals surface area contributed by atoms with Gasteiger partial charge in [0.15, 0.2) is 0 Å². The minimum absolute atomic E-state index is 0.00984. The fourth-order valence-electron chi connectivity index (χ4n) is 6.89. The van der Waals surface area contributed by atoms with Gasteiger partial charge in [-0.05, 0) is 35.4 Å². The second-order valence-electron chi connectivity index (χ2n) is 14.0. The summed E-state index contributed by atoms with van der Waals surface area (Å²) in [5, 5.41) is 0.889. The Bertz CT molecular complexity index is 2840. The van der Waals surface area contributed by atoms with Gasteiger partial charge in [0.2, 0.25) is 0 Å². The van der Waals surface area contributed by atoms with Gasteiger partial charge in [-0.2, -0.15) is 0 Å². The zero-order valence-corrected chi connectivity index (χ0v) is 35.2. The molecule has 4 heterocycles. The third-order valence-electron chi connectivity index (χ3n) is 10.5. The molecule has 0 bridgehead atoms. The third-order valence-corrected chi connectivity index (χ3v) is 11.1. The van der Waals surface area contributed by atoms with Crippen LogP contribution in [0.2, 0.25) is 10.0 Å². The molecule has 0 radical (unpaired) electrons. The van der Waals surface area contributed by atoms with Crippen molar-refractivity contribution in [1.82, 2.24) is 36.5 Å². The summed E-state index contributed by atoms with van der Waals surface area (Å²) in [6.45, 7) is 0. The summed E-state index contributed by atoms with van der Waals surface area (Å²) in [7, 11) is 10.9. The Morgan fingerprint density at radius 3 is 0.717 bits per heavy atom. The molecule has 0 aliphatic heterocycles. The highest BCUT2D eigenvalue weighted by atomic mass is 35.5. The van der Waals surface area contributed by atoms with Crippen molar-refractivity contribution in [3.63, 3.8) is 0 Å². The molecule has 316 valence electrons. The smallest absolute Gasteiger partial charge is 0.332 e. The van der Waals surface area contributed by atoms with Crippen LogP contribution in [0.1, 0.15) is 45.2 Å². The van der Waals surface area contributed by atoms with Crippen LogP contribution >= 0.6 is 23.2 Å². The summed E-state index contributed by atoms with van der Waals surface area (Å²) in [5.41, 5.74) is 20.5. The molecule has 0 spiro atoms. The van der Waals surface area contributed by atoms with Crippen molar-refractivity contribution in [3.05, 3.63) is 175 Å². The van der Waals surface area contributed by atoms with Crippen molar-refractivity contribution in [2.45, 2.75) is 11.8 Å². The molecule has 0 aliphatic carbocycles. The zero-order chi connectivity index (χ0) is 45.0. The first-order valence-electron chi connectivity index (χ1n) is 17.7. The molecular weight excluding hydrogens is 823 g/mol. The van der Waals surface area contributed by atoms with E-state index in [1.807, 2.05) is 0 Å². The predicted molar refractivity (Wildman–Crippen MR) is 230 cm³/mol. The summed E-state index contributed by atoms with van der Waals surface area (Å²) in [6.07, 6.45) is 0.